The van der Waals surface area contributed by atoms with E-state index >= 15 is 0 Å². The summed E-state index contributed by atoms with van der Waals surface area (Å²) in [5.74, 6) is 0.00172. The first-order chi connectivity index (χ1) is 9.79. The van der Waals surface area contributed by atoms with Crippen LogP contribution in [-0.4, -0.2) is 12.6 Å². The van der Waals surface area contributed by atoms with Gasteiger partial charge < -0.3 is 4.74 Å². The molecule has 0 aliphatic carbocycles. The molecular formula is C18H32O2. The number of carbonyl (C=O) groups excluding carboxylic acids is 1. The van der Waals surface area contributed by atoms with Crippen molar-refractivity contribution in [1.29, 1.82) is 0 Å². The Bertz CT molecular complexity index is 281. The quantitative estimate of drug-likeness (QED) is 0.429. The summed E-state index contributed by atoms with van der Waals surface area (Å²) < 4.78 is 5.25. The van der Waals surface area contributed by atoms with Crippen molar-refractivity contribution in [3.05, 3.63) is 11.6 Å². The zero-order valence-electron chi connectivity index (χ0n) is 13.3. The highest BCUT2D eigenvalue weighted by molar-refractivity contribution is 5.69. The fraction of sp³-hybridized carbons (Fsp3) is 0.833. The number of allylic oxidation sites excluding steroid dienone is 2. The minimum absolute atomic E-state index is 0.00172. The van der Waals surface area contributed by atoms with Gasteiger partial charge in [-0.25, -0.2) is 0 Å². The largest absolute Gasteiger partial charge is 0.466 e. The minimum Gasteiger partial charge on any atom is -0.466 e. The number of rotatable bonds is 0. The van der Waals surface area contributed by atoms with Crippen molar-refractivity contribution in [3.63, 3.8) is 0 Å². The monoisotopic (exact) mass is 280 g/mol. The van der Waals surface area contributed by atoms with Gasteiger partial charge in [0, 0.05) is 6.42 Å². The maximum absolute atomic E-state index is 11.5. The number of carbonyl (C=O) groups is 1. The van der Waals surface area contributed by atoms with E-state index in [0.717, 1.165) is 19.3 Å². The van der Waals surface area contributed by atoms with Crippen molar-refractivity contribution < 1.29 is 9.53 Å². The molecule has 1 rings (SSSR count). The Labute approximate surface area is 125 Å². The van der Waals surface area contributed by atoms with Crippen molar-refractivity contribution >= 4 is 5.97 Å². The molecule has 0 unspecified atom stereocenters. The predicted octanol–water partition coefficient (Wildman–Crippen LogP) is 5.56. The molecule has 0 aromatic carbocycles. The molecule has 0 spiro atoms. The molecule has 0 saturated carbocycles. The Hall–Kier alpha value is -0.790. The maximum atomic E-state index is 11.5. The van der Waals surface area contributed by atoms with Gasteiger partial charge in [-0.15, -0.1) is 0 Å². The predicted molar refractivity (Wildman–Crippen MR) is 84.7 cm³/mol. The van der Waals surface area contributed by atoms with Crippen molar-refractivity contribution in [3.8, 4) is 0 Å². The smallest absolute Gasteiger partial charge is 0.305 e. The van der Waals surface area contributed by atoms with Crippen LogP contribution < -0.4 is 0 Å². The molecule has 20 heavy (non-hydrogen) atoms. The molecule has 0 N–H and O–H groups in total. The minimum atomic E-state index is 0.00172. The van der Waals surface area contributed by atoms with E-state index in [-0.39, 0.29) is 5.97 Å². The fourth-order valence-corrected chi connectivity index (χ4v) is 2.69. The van der Waals surface area contributed by atoms with Gasteiger partial charge in [-0.1, -0.05) is 43.8 Å². The molecule has 0 aromatic heterocycles. The normalized spacial score (nSPS) is 24.9. The van der Waals surface area contributed by atoms with E-state index in [2.05, 4.69) is 13.0 Å². The summed E-state index contributed by atoms with van der Waals surface area (Å²) in [4.78, 5) is 11.5. The Kier molecular flexibility index (Phi) is 10.3. The summed E-state index contributed by atoms with van der Waals surface area (Å²) in [6, 6.07) is 0. The topological polar surface area (TPSA) is 26.3 Å². The highest BCUT2D eigenvalue weighted by atomic mass is 16.5. The molecule has 0 bridgehead atoms. The average molecular weight is 280 g/mol. The van der Waals surface area contributed by atoms with Crippen molar-refractivity contribution in [2.45, 2.75) is 90.4 Å². The van der Waals surface area contributed by atoms with Crippen molar-refractivity contribution in [2.75, 3.05) is 6.61 Å². The molecule has 2 nitrogen and oxygen atoms in total. The molecule has 0 fully saturated rings. The second-order valence-corrected chi connectivity index (χ2v) is 6.10. The first-order valence-corrected chi connectivity index (χ1v) is 8.60. The Balaban J connectivity index is 2.24. The molecule has 0 aromatic rings. The third-order valence-electron chi connectivity index (χ3n) is 4.06. The summed E-state index contributed by atoms with van der Waals surface area (Å²) in [7, 11) is 0. The van der Waals surface area contributed by atoms with E-state index in [9.17, 15) is 4.79 Å². The highest BCUT2D eigenvalue weighted by Crippen LogP contribution is 2.14. The van der Waals surface area contributed by atoms with E-state index in [4.69, 9.17) is 4.74 Å². The molecule has 0 amide bonds. The van der Waals surface area contributed by atoms with Gasteiger partial charge in [0.15, 0.2) is 0 Å². The number of hydrogen-bond donors (Lipinski definition) is 0. The number of ether oxygens (including phenoxy) is 1. The molecule has 1 aliphatic heterocycles. The molecule has 0 radical (unpaired) electrons. The molecule has 0 atom stereocenters. The molecule has 0 saturated heterocycles. The van der Waals surface area contributed by atoms with Crippen molar-refractivity contribution in [1.82, 2.24) is 0 Å². The van der Waals surface area contributed by atoms with E-state index in [0.29, 0.717) is 13.0 Å². The van der Waals surface area contributed by atoms with E-state index < -0.39 is 0 Å². The van der Waals surface area contributed by atoms with Crippen LogP contribution in [0.25, 0.3) is 0 Å². The first-order valence-electron chi connectivity index (χ1n) is 8.60. The van der Waals surface area contributed by atoms with Crippen LogP contribution in [0.4, 0.5) is 0 Å². The van der Waals surface area contributed by atoms with Crippen LogP contribution in [0.1, 0.15) is 90.4 Å². The second-order valence-electron chi connectivity index (χ2n) is 6.10. The lowest BCUT2D eigenvalue weighted by atomic mass is 10.0. The lowest BCUT2D eigenvalue weighted by molar-refractivity contribution is -0.143. The lowest BCUT2D eigenvalue weighted by Gasteiger charge is -2.06. The summed E-state index contributed by atoms with van der Waals surface area (Å²) in [5.41, 5.74) is 1.55. The Morgan fingerprint density at radius 1 is 0.800 bits per heavy atom. The average Bonchev–Trinajstić information content (AvgIpc) is 2.43. The zero-order valence-corrected chi connectivity index (χ0v) is 13.3. The molecular weight excluding hydrogens is 248 g/mol. The molecule has 116 valence electrons. The van der Waals surface area contributed by atoms with Gasteiger partial charge in [-0.3, -0.25) is 4.79 Å². The van der Waals surface area contributed by atoms with Gasteiger partial charge in [-0.2, -0.15) is 0 Å². The van der Waals surface area contributed by atoms with Crippen LogP contribution in [-0.2, 0) is 9.53 Å². The molecule has 1 heterocycles. The van der Waals surface area contributed by atoms with E-state index in [1.54, 1.807) is 5.57 Å². The third kappa shape index (κ3) is 10.1. The number of hydrogen-bond acceptors (Lipinski definition) is 2. The maximum Gasteiger partial charge on any atom is 0.305 e. The number of cyclic esters (lactones) is 1. The summed E-state index contributed by atoms with van der Waals surface area (Å²) in [6.07, 6.45) is 17.7. The Morgan fingerprint density at radius 2 is 1.40 bits per heavy atom. The van der Waals surface area contributed by atoms with Crippen molar-refractivity contribution in [2.24, 2.45) is 0 Å². The van der Waals surface area contributed by atoms with Gasteiger partial charge in [0.25, 0.3) is 0 Å². The van der Waals surface area contributed by atoms with Crippen LogP contribution >= 0.6 is 0 Å². The van der Waals surface area contributed by atoms with Crippen LogP contribution in [0, 0.1) is 0 Å². The summed E-state index contributed by atoms with van der Waals surface area (Å²) in [6.45, 7) is 2.88. The van der Waals surface area contributed by atoms with Gasteiger partial charge in [0.05, 0.1) is 6.61 Å². The lowest BCUT2D eigenvalue weighted by Crippen LogP contribution is -2.05. The first kappa shape index (κ1) is 17.3. The fourth-order valence-electron chi connectivity index (χ4n) is 2.69. The summed E-state index contributed by atoms with van der Waals surface area (Å²) >= 11 is 0. The number of esters is 1. The van der Waals surface area contributed by atoms with E-state index in [1.165, 1.54) is 57.8 Å². The van der Waals surface area contributed by atoms with E-state index in [1.807, 2.05) is 0 Å². The van der Waals surface area contributed by atoms with Crippen LogP contribution in [0.15, 0.2) is 11.6 Å². The van der Waals surface area contributed by atoms with Crippen LogP contribution in [0.2, 0.25) is 0 Å². The van der Waals surface area contributed by atoms with Gasteiger partial charge in [0.2, 0.25) is 0 Å². The van der Waals surface area contributed by atoms with Gasteiger partial charge in [-0.05, 0) is 51.9 Å². The Morgan fingerprint density at radius 3 is 2.15 bits per heavy atom. The highest BCUT2D eigenvalue weighted by Gasteiger charge is 2.02. The molecule has 2 heteroatoms. The third-order valence-corrected chi connectivity index (χ3v) is 4.06. The zero-order chi connectivity index (χ0) is 14.5. The summed E-state index contributed by atoms with van der Waals surface area (Å²) in [5, 5.41) is 0. The van der Waals surface area contributed by atoms with Crippen LogP contribution in [0.3, 0.4) is 0 Å². The van der Waals surface area contributed by atoms with Crippen LogP contribution in [0.5, 0.6) is 0 Å². The van der Waals surface area contributed by atoms with Gasteiger partial charge >= 0.3 is 5.97 Å². The SMILES string of the molecule is C/C1=C/CCCCCOC(=O)CCCCCCCCC1. The second kappa shape index (κ2) is 12.0. The standard InChI is InChI=1S/C18H32O2/c1-17-13-9-5-3-2-4-6-11-15-18(19)20-16-12-8-7-10-14-17/h14H,2-13,15-16H2,1H3/b17-14-. The molecule has 1 aliphatic rings. The van der Waals surface area contributed by atoms with Gasteiger partial charge in [0.1, 0.15) is 0 Å².